The quantitative estimate of drug-likeness (QED) is 0.513. The first-order valence-corrected chi connectivity index (χ1v) is 9.06. The van der Waals surface area contributed by atoms with Gasteiger partial charge in [-0.15, -0.1) is 0 Å². The van der Waals surface area contributed by atoms with E-state index in [4.69, 9.17) is 18.6 Å². The Labute approximate surface area is 165 Å². The highest BCUT2D eigenvalue weighted by atomic mass is 16.5. The van der Waals surface area contributed by atoms with Crippen molar-refractivity contribution in [1.82, 2.24) is 4.98 Å². The minimum absolute atomic E-state index is 0.130. The first kappa shape index (κ1) is 18.6. The molecule has 7 nitrogen and oxygen atoms in total. The number of H-pyrrole nitrogens is 1. The third-order valence-electron chi connectivity index (χ3n) is 4.69. The molecular weight excluding hydrogens is 374 g/mol. The zero-order valence-corrected chi connectivity index (χ0v) is 16.2. The molecular formula is C22H19NO6. The Morgan fingerprint density at radius 1 is 1.10 bits per heavy atom. The van der Waals surface area contributed by atoms with Crippen LogP contribution in [-0.4, -0.2) is 31.8 Å². The van der Waals surface area contributed by atoms with Gasteiger partial charge >= 0.3 is 5.97 Å². The summed E-state index contributed by atoms with van der Waals surface area (Å²) < 4.78 is 22.0. The summed E-state index contributed by atoms with van der Waals surface area (Å²) in [6, 6.07) is 12.5. The highest BCUT2D eigenvalue weighted by Gasteiger charge is 2.27. The van der Waals surface area contributed by atoms with Gasteiger partial charge in [-0.3, -0.25) is 4.79 Å². The fraction of sp³-hybridized carbons (Fsp3) is 0.182. The summed E-state index contributed by atoms with van der Waals surface area (Å²) in [5.74, 6) is 0.264. The van der Waals surface area contributed by atoms with Crippen LogP contribution in [0.2, 0.25) is 0 Å². The molecule has 4 aromatic rings. The van der Waals surface area contributed by atoms with Crippen LogP contribution in [0.5, 0.6) is 11.5 Å². The van der Waals surface area contributed by atoms with E-state index in [2.05, 4.69) is 4.98 Å². The van der Waals surface area contributed by atoms with Crippen LogP contribution in [0.4, 0.5) is 0 Å². The molecule has 4 rings (SSSR count). The van der Waals surface area contributed by atoms with E-state index >= 15 is 0 Å². The van der Waals surface area contributed by atoms with Crippen LogP contribution < -0.4 is 15.0 Å². The van der Waals surface area contributed by atoms with E-state index in [9.17, 15) is 9.59 Å². The molecule has 0 fully saturated rings. The molecule has 29 heavy (non-hydrogen) atoms. The Kier molecular flexibility index (Phi) is 4.72. The molecule has 0 saturated carbocycles. The predicted molar refractivity (Wildman–Crippen MR) is 109 cm³/mol. The summed E-state index contributed by atoms with van der Waals surface area (Å²) >= 11 is 0. The number of benzene rings is 2. The summed E-state index contributed by atoms with van der Waals surface area (Å²) in [7, 11) is 3.05. The van der Waals surface area contributed by atoms with Gasteiger partial charge in [-0.05, 0) is 37.3 Å². The molecule has 0 atom stereocenters. The van der Waals surface area contributed by atoms with Crippen molar-refractivity contribution in [2.24, 2.45) is 0 Å². The first-order chi connectivity index (χ1) is 14.1. The third-order valence-corrected chi connectivity index (χ3v) is 4.69. The summed E-state index contributed by atoms with van der Waals surface area (Å²) in [5.41, 5.74) is 1.52. The maximum absolute atomic E-state index is 13.0. The lowest BCUT2D eigenvalue weighted by molar-refractivity contribution is 0.0525. The number of ether oxygens (including phenoxy) is 3. The summed E-state index contributed by atoms with van der Waals surface area (Å²) in [6.45, 7) is 1.81. The van der Waals surface area contributed by atoms with E-state index in [1.807, 2.05) is 18.2 Å². The van der Waals surface area contributed by atoms with Crippen molar-refractivity contribution in [2.75, 3.05) is 20.8 Å². The molecule has 0 radical (unpaired) electrons. The molecule has 0 spiro atoms. The van der Waals surface area contributed by atoms with Crippen LogP contribution in [-0.2, 0) is 4.74 Å². The Bertz CT molecular complexity index is 1280. The highest BCUT2D eigenvalue weighted by molar-refractivity contribution is 6.12. The second-order valence-corrected chi connectivity index (χ2v) is 6.29. The lowest BCUT2D eigenvalue weighted by atomic mass is 9.98. The number of hydrogen-bond donors (Lipinski definition) is 1. The van der Waals surface area contributed by atoms with E-state index in [1.165, 1.54) is 14.2 Å². The van der Waals surface area contributed by atoms with E-state index in [0.717, 1.165) is 5.39 Å². The number of nitrogens with one attached hydrogen (secondary N) is 1. The van der Waals surface area contributed by atoms with Gasteiger partial charge in [0.2, 0.25) is 0 Å². The van der Waals surface area contributed by atoms with Crippen LogP contribution in [0, 0.1) is 0 Å². The number of carbonyl (C=O) groups excluding carboxylic acids is 1. The molecule has 2 aromatic carbocycles. The monoisotopic (exact) mass is 393 g/mol. The van der Waals surface area contributed by atoms with Gasteiger partial charge in [0.25, 0.3) is 5.56 Å². The van der Waals surface area contributed by atoms with Crippen molar-refractivity contribution < 1.29 is 23.4 Å². The highest BCUT2D eigenvalue weighted by Crippen LogP contribution is 2.41. The predicted octanol–water partition coefficient (Wildman–Crippen LogP) is 4.14. The minimum Gasteiger partial charge on any atom is -0.497 e. The number of pyridine rings is 1. The van der Waals surface area contributed by atoms with Crippen molar-refractivity contribution in [3.8, 4) is 22.6 Å². The standard InChI is InChI=1S/C22H19NO6/c1-4-28-22(25)18-17(14-11-12(26-2)9-10-15(14)27-3)20-19(23-21(18)24)13-7-5-6-8-16(13)29-20/h5-11H,4H2,1-3H3,(H,23,24). The molecule has 1 N–H and O–H groups in total. The molecule has 0 bridgehead atoms. The number of para-hydroxylation sites is 1. The van der Waals surface area contributed by atoms with Gasteiger partial charge in [-0.1, -0.05) is 12.1 Å². The Balaban J connectivity index is 2.19. The normalized spacial score (nSPS) is 11.0. The average molecular weight is 393 g/mol. The number of methoxy groups -OCH3 is 2. The van der Waals surface area contributed by atoms with Gasteiger partial charge in [-0.2, -0.15) is 0 Å². The summed E-state index contributed by atoms with van der Waals surface area (Å²) in [4.78, 5) is 28.5. The third kappa shape index (κ3) is 3.00. The molecule has 7 heteroatoms. The van der Waals surface area contributed by atoms with Gasteiger partial charge < -0.3 is 23.6 Å². The zero-order chi connectivity index (χ0) is 20.5. The summed E-state index contributed by atoms with van der Waals surface area (Å²) in [5, 5.41) is 0.734. The SMILES string of the molecule is CCOC(=O)c1c(-c2cc(OC)ccc2OC)c2oc3ccccc3c2[nH]c1=O. The molecule has 0 unspecified atom stereocenters. The lowest BCUT2D eigenvalue weighted by Gasteiger charge is -2.14. The van der Waals surface area contributed by atoms with Crippen LogP contribution in [0.1, 0.15) is 17.3 Å². The van der Waals surface area contributed by atoms with Gasteiger partial charge in [0.15, 0.2) is 5.58 Å². The molecule has 148 valence electrons. The van der Waals surface area contributed by atoms with E-state index in [0.29, 0.717) is 39.3 Å². The van der Waals surface area contributed by atoms with Crippen LogP contribution in [0.3, 0.4) is 0 Å². The molecule has 0 aliphatic heterocycles. The smallest absolute Gasteiger partial charge is 0.344 e. The number of carbonyl (C=O) groups is 1. The van der Waals surface area contributed by atoms with E-state index in [1.54, 1.807) is 31.2 Å². The zero-order valence-electron chi connectivity index (χ0n) is 16.2. The van der Waals surface area contributed by atoms with Gasteiger partial charge in [0.1, 0.15) is 22.6 Å². The fourth-order valence-corrected chi connectivity index (χ4v) is 3.41. The summed E-state index contributed by atoms with van der Waals surface area (Å²) in [6.07, 6.45) is 0. The second kappa shape index (κ2) is 7.35. The number of aromatic nitrogens is 1. The largest absolute Gasteiger partial charge is 0.497 e. The number of fused-ring (bicyclic) bond motifs is 3. The Hall–Kier alpha value is -3.74. The fourth-order valence-electron chi connectivity index (χ4n) is 3.41. The second-order valence-electron chi connectivity index (χ2n) is 6.29. The van der Waals surface area contributed by atoms with Crippen molar-refractivity contribution in [3.05, 3.63) is 58.4 Å². The molecule has 0 amide bonds. The van der Waals surface area contributed by atoms with Crippen LogP contribution >= 0.6 is 0 Å². The average Bonchev–Trinajstić information content (AvgIpc) is 3.10. The number of rotatable bonds is 5. The van der Waals surface area contributed by atoms with Gasteiger partial charge in [-0.25, -0.2) is 4.79 Å². The molecule has 2 aromatic heterocycles. The van der Waals surface area contributed by atoms with Crippen molar-refractivity contribution >= 4 is 28.0 Å². The number of furan rings is 1. The van der Waals surface area contributed by atoms with Crippen molar-refractivity contribution in [2.45, 2.75) is 6.92 Å². The molecule has 0 aliphatic carbocycles. The molecule has 0 aliphatic rings. The Morgan fingerprint density at radius 3 is 2.62 bits per heavy atom. The molecule has 2 heterocycles. The van der Waals surface area contributed by atoms with Crippen molar-refractivity contribution in [3.63, 3.8) is 0 Å². The topological polar surface area (TPSA) is 90.8 Å². The van der Waals surface area contributed by atoms with Crippen LogP contribution in [0.15, 0.2) is 51.7 Å². The maximum atomic E-state index is 13.0. The maximum Gasteiger partial charge on any atom is 0.344 e. The lowest BCUT2D eigenvalue weighted by Crippen LogP contribution is -2.21. The van der Waals surface area contributed by atoms with E-state index < -0.39 is 11.5 Å². The van der Waals surface area contributed by atoms with Gasteiger partial charge in [0, 0.05) is 10.9 Å². The van der Waals surface area contributed by atoms with E-state index in [-0.39, 0.29) is 12.2 Å². The van der Waals surface area contributed by atoms with Gasteiger partial charge in [0.05, 0.1) is 31.9 Å². The number of aromatic amines is 1. The number of hydrogen-bond acceptors (Lipinski definition) is 6. The Morgan fingerprint density at radius 2 is 1.90 bits per heavy atom. The number of esters is 1. The minimum atomic E-state index is -0.740. The molecule has 0 saturated heterocycles. The van der Waals surface area contributed by atoms with Crippen LogP contribution in [0.25, 0.3) is 33.2 Å². The van der Waals surface area contributed by atoms with Crippen molar-refractivity contribution in [1.29, 1.82) is 0 Å². The first-order valence-electron chi connectivity index (χ1n) is 9.06.